The SMILES string of the molecule is CCCCOc1cc2c(cc1OC)-c1cc(Nc3c(C)cc(C)cc3C)nc(=O)n1CC2. The van der Waals surface area contributed by atoms with E-state index in [1.165, 1.54) is 5.56 Å². The van der Waals surface area contributed by atoms with E-state index >= 15 is 0 Å². The van der Waals surface area contributed by atoms with Gasteiger partial charge in [0.2, 0.25) is 0 Å². The largest absolute Gasteiger partial charge is 0.493 e. The molecular weight excluding hydrogens is 402 g/mol. The molecule has 0 amide bonds. The quantitative estimate of drug-likeness (QED) is 0.511. The number of nitrogens with one attached hydrogen (secondary N) is 1. The summed E-state index contributed by atoms with van der Waals surface area (Å²) >= 11 is 0. The van der Waals surface area contributed by atoms with E-state index in [9.17, 15) is 4.79 Å². The van der Waals surface area contributed by atoms with E-state index in [1.807, 2.05) is 12.1 Å². The van der Waals surface area contributed by atoms with Crippen molar-refractivity contribution in [3.05, 3.63) is 63.1 Å². The van der Waals surface area contributed by atoms with Crippen LogP contribution in [0, 0.1) is 20.8 Å². The molecule has 0 spiro atoms. The molecule has 1 aliphatic rings. The smallest absolute Gasteiger partial charge is 0.350 e. The van der Waals surface area contributed by atoms with Gasteiger partial charge in [0.25, 0.3) is 0 Å². The van der Waals surface area contributed by atoms with E-state index in [0.717, 1.165) is 58.6 Å². The number of ether oxygens (including phenoxy) is 2. The first-order valence-electron chi connectivity index (χ1n) is 11.2. The highest BCUT2D eigenvalue weighted by Crippen LogP contribution is 2.39. The molecule has 0 radical (unpaired) electrons. The Labute approximate surface area is 189 Å². The summed E-state index contributed by atoms with van der Waals surface area (Å²) in [6.07, 6.45) is 2.82. The van der Waals surface area contributed by atoms with Crippen molar-refractivity contribution in [2.75, 3.05) is 19.0 Å². The molecule has 0 unspecified atom stereocenters. The molecule has 2 aromatic carbocycles. The highest BCUT2D eigenvalue weighted by atomic mass is 16.5. The van der Waals surface area contributed by atoms with Crippen molar-refractivity contribution in [3.8, 4) is 22.8 Å². The number of benzene rings is 2. The van der Waals surface area contributed by atoms with Gasteiger partial charge in [0.05, 0.1) is 19.4 Å². The molecule has 0 saturated carbocycles. The molecule has 0 aliphatic carbocycles. The molecule has 0 fully saturated rings. The average Bonchev–Trinajstić information content (AvgIpc) is 2.75. The highest BCUT2D eigenvalue weighted by molar-refractivity contribution is 5.74. The Morgan fingerprint density at radius 3 is 2.50 bits per heavy atom. The molecular formula is C26H31N3O3. The lowest BCUT2D eigenvalue weighted by molar-refractivity contribution is 0.288. The minimum atomic E-state index is -0.250. The minimum Gasteiger partial charge on any atom is -0.493 e. The molecule has 6 heteroatoms. The van der Waals surface area contributed by atoms with Crippen molar-refractivity contribution in [2.24, 2.45) is 0 Å². The van der Waals surface area contributed by atoms with Gasteiger partial charge in [-0.25, -0.2) is 4.79 Å². The molecule has 0 atom stereocenters. The molecule has 1 N–H and O–H groups in total. The maximum absolute atomic E-state index is 12.9. The number of aromatic nitrogens is 2. The lowest BCUT2D eigenvalue weighted by Crippen LogP contribution is -2.28. The third-order valence-corrected chi connectivity index (χ3v) is 5.97. The molecule has 1 aliphatic heterocycles. The van der Waals surface area contributed by atoms with E-state index in [2.05, 4.69) is 56.2 Å². The summed E-state index contributed by atoms with van der Waals surface area (Å²) in [6, 6.07) is 10.2. The number of rotatable bonds is 7. The maximum Gasteiger partial charge on any atom is 0.350 e. The molecule has 1 aromatic heterocycles. The van der Waals surface area contributed by atoms with Gasteiger partial charge in [0.1, 0.15) is 5.82 Å². The molecule has 2 heterocycles. The number of hydrogen-bond donors (Lipinski definition) is 1. The first-order valence-corrected chi connectivity index (χ1v) is 11.2. The lowest BCUT2D eigenvalue weighted by atomic mass is 9.96. The van der Waals surface area contributed by atoms with Crippen LogP contribution in [-0.2, 0) is 13.0 Å². The molecule has 32 heavy (non-hydrogen) atoms. The molecule has 3 aromatic rings. The zero-order valence-corrected chi connectivity index (χ0v) is 19.5. The summed E-state index contributed by atoms with van der Waals surface area (Å²) in [4.78, 5) is 17.2. The molecule has 168 valence electrons. The maximum atomic E-state index is 12.9. The summed E-state index contributed by atoms with van der Waals surface area (Å²) in [5.74, 6) is 1.98. The van der Waals surface area contributed by atoms with Gasteiger partial charge in [0.15, 0.2) is 11.5 Å². The van der Waals surface area contributed by atoms with Gasteiger partial charge >= 0.3 is 5.69 Å². The van der Waals surface area contributed by atoms with Gasteiger partial charge in [0, 0.05) is 23.9 Å². The first-order chi connectivity index (χ1) is 15.4. The van der Waals surface area contributed by atoms with Crippen LogP contribution in [0.3, 0.4) is 0 Å². The average molecular weight is 434 g/mol. The Morgan fingerprint density at radius 1 is 1.06 bits per heavy atom. The Kier molecular flexibility index (Phi) is 6.21. The number of hydrogen-bond acceptors (Lipinski definition) is 5. The van der Waals surface area contributed by atoms with Crippen molar-refractivity contribution in [3.63, 3.8) is 0 Å². The number of nitrogens with zero attached hydrogens (tertiary/aromatic N) is 2. The summed E-state index contributed by atoms with van der Waals surface area (Å²) in [6.45, 7) is 9.60. The number of unbranched alkanes of at least 4 members (excludes halogenated alkanes) is 1. The van der Waals surface area contributed by atoms with Crippen molar-refractivity contribution in [1.29, 1.82) is 0 Å². The van der Waals surface area contributed by atoms with Crippen LogP contribution >= 0.6 is 0 Å². The van der Waals surface area contributed by atoms with Crippen molar-refractivity contribution in [1.82, 2.24) is 9.55 Å². The Hall–Kier alpha value is -3.28. The van der Waals surface area contributed by atoms with Crippen LogP contribution in [0.2, 0.25) is 0 Å². The normalized spacial score (nSPS) is 12.2. The van der Waals surface area contributed by atoms with E-state index in [1.54, 1.807) is 11.7 Å². The number of anilines is 2. The number of aryl methyl sites for hydroxylation is 4. The molecule has 0 saturated heterocycles. The fraction of sp³-hybridized carbons (Fsp3) is 0.385. The minimum absolute atomic E-state index is 0.250. The van der Waals surface area contributed by atoms with E-state index in [-0.39, 0.29) is 5.69 Å². The van der Waals surface area contributed by atoms with Gasteiger partial charge in [-0.15, -0.1) is 0 Å². The standard InChI is InChI=1S/C26H31N3O3/c1-6-7-10-32-23-13-19-8-9-29-21(20(19)14-22(23)31-5)15-24(28-26(29)30)27-25-17(3)11-16(2)12-18(25)4/h11-15H,6-10H2,1-5H3,(H,27,28,30). The van der Waals surface area contributed by atoms with Crippen LogP contribution in [-0.4, -0.2) is 23.3 Å². The van der Waals surface area contributed by atoms with E-state index in [0.29, 0.717) is 24.7 Å². The van der Waals surface area contributed by atoms with Crippen LogP contribution in [0.15, 0.2) is 35.1 Å². The summed E-state index contributed by atoms with van der Waals surface area (Å²) < 4.78 is 13.3. The number of methoxy groups -OCH3 is 1. The highest BCUT2D eigenvalue weighted by Gasteiger charge is 2.22. The third-order valence-electron chi connectivity index (χ3n) is 5.97. The van der Waals surface area contributed by atoms with Gasteiger partial charge in [-0.1, -0.05) is 31.0 Å². The molecule has 6 nitrogen and oxygen atoms in total. The van der Waals surface area contributed by atoms with Gasteiger partial charge in [-0.05, 0) is 62.4 Å². The first kappa shape index (κ1) is 21.9. The van der Waals surface area contributed by atoms with E-state index in [4.69, 9.17) is 9.47 Å². The predicted molar refractivity (Wildman–Crippen MR) is 129 cm³/mol. The Morgan fingerprint density at radius 2 is 1.81 bits per heavy atom. The molecule has 0 bridgehead atoms. The lowest BCUT2D eigenvalue weighted by Gasteiger charge is -2.24. The summed E-state index contributed by atoms with van der Waals surface area (Å²) in [5, 5.41) is 3.38. The topological polar surface area (TPSA) is 65.4 Å². The fourth-order valence-electron chi connectivity index (χ4n) is 4.39. The zero-order valence-electron chi connectivity index (χ0n) is 19.5. The monoisotopic (exact) mass is 433 g/mol. The van der Waals surface area contributed by atoms with Crippen molar-refractivity contribution in [2.45, 2.75) is 53.5 Å². The van der Waals surface area contributed by atoms with Crippen LogP contribution in [0.25, 0.3) is 11.3 Å². The van der Waals surface area contributed by atoms with Crippen LogP contribution in [0.5, 0.6) is 11.5 Å². The summed E-state index contributed by atoms with van der Waals surface area (Å²) in [5.41, 5.74) is 7.17. The Bertz CT molecular complexity index is 1190. The molecule has 4 rings (SSSR count). The van der Waals surface area contributed by atoms with Crippen molar-refractivity contribution >= 4 is 11.5 Å². The fourth-order valence-corrected chi connectivity index (χ4v) is 4.39. The van der Waals surface area contributed by atoms with Gasteiger partial charge in [-0.3, -0.25) is 4.57 Å². The second kappa shape index (κ2) is 9.07. The number of fused-ring (bicyclic) bond motifs is 3. The second-order valence-corrected chi connectivity index (χ2v) is 8.47. The Balaban J connectivity index is 1.75. The van der Waals surface area contributed by atoms with Crippen LogP contribution in [0.1, 0.15) is 42.0 Å². The van der Waals surface area contributed by atoms with Gasteiger partial charge in [-0.2, -0.15) is 4.98 Å². The van der Waals surface area contributed by atoms with Crippen LogP contribution < -0.4 is 20.5 Å². The van der Waals surface area contributed by atoms with Gasteiger partial charge < -0.3 is 14.8 Å². The van der Waals surface area contributed by atoms with E-state index < -0.39 is 0 Å². The predicted octanol–water partition coefficient (Wildman–Crippen LogP) is 5.32. The van der Waals surface area contributed by atoms with Crippen LogP contribution in [0.4, 0.5) is 11.5 Å². The third kappa shape index (κ3) is 4.22. The second-order valence-electron chi connectivity index (χ2n) is 8.47. The zero-order chi connectivity index (χ0) is 22.8. The summed E-state index contributed by atoms with van der Waals surface area (Å²) in [7, 11) is 1.65. The van der Waals surface area contributed by atoms with Crippen molar-refractivity contribution < 1.29 is 9.47 Å².